The van der Waals surface area contributed by atoms with Gasteiger partial charge in [-0.15, -0.1) is 0 Å². The summed E-state index contributed by atoms with van der Waals surface area (Å²) in [5.41, 5.74) is 4.34. The first kappa shape index (κ1) is 18.3. The van der Waals surface area contributed by atoms with Crippen molar-refractivity contribution < 1.29 is 8.97 Å². The van der Waals surface area contributed by atoms with Crippen molar-refractivity contribution in [1.82, 2.24) is 0 Å². The van der Waals surface area contributed by atoms with E-state index in [2.05, 4.69) is 76.8 Å². The summed E-state index contributed by atoms with van der Waals surface area (Å²) in [5, 5.41) is 9.12. The molecule has 24 heavy (non-hydrogen) atoms. The van der Waals surface area contributed by atoms with Gasteiger partial charge in [-0.1, -0.05) is 36.4 Å². The molecular weight excluding hydrogens is 296 g/mol. The van der Waals surface area contributed by atoms with Crippen LogP contribution in [-0.4, -0.2) is 51.3 Å². The van der Waals surface area contributed by atoms with Crippen molar-refractivity contribution >= 4 is 11.4 Å². The van der Waals surface area contributed by atoms with Gasteiger partial charge >= 0.3 is 0 Å². The van der Waals surface area contributed by atoms with Crippen LogP contribution in [0.2, 0.25) is 0 Å². The molecule has 0 aromatic heterocycles. The minimum absolute atomic E-state index is 0.866. The average molecular weight is 326 g/mol. The molecule has 0 fully saturated rings. The van der Waals surface area contributed by atoms with Crippen LogP contribution in [0.5, 0.6) is 0 Å². The molecule has 0 aliphatic carbocycles. The van der Waals surface area contributed by atoms with Gasteiger partial charge in [0.1, 0.15) is 13.1 Å². The smallest absolute Gasteiger partial charge is 0.106 e. The van der Waals surface area contributed by atoms with Gasteiger partial charge in [-0.25, -0.2) is 0 Å². The van der Waals surface area contributed by atoms with Gasteiger partial charge in [0.25, 0.3) is 0 Å². The molecule has 4 nitrogen and oxygen atoms in total. The summed E-state index contributed by atoms with van der Waals surface area (Å²) in [7, 11) is 13.1. The van der Waals surface area contributed by atoms with E-state index >= 15 is 0 Å². The molecule has 0 atom stereocenters. The number of hydrogen-bond donors (Lipinski definition) is 0. The number of benzene rings is 2. The van der Waals surface area contributed by atoms with Crippen LogP contribution in [0, 0.1) is 0 Å². The summed E-state index contributed by atoms with van der Waals surface area (Å²) in [6.45, 7) is 1.85. The predicted octanol–water partition coefficient (Wildman–Crippen LogP) is 4.51. The fourth-order valence-corrected chi connectivity index (χ4v) is 2.61. The Bertz CT molecular complexity index is 645. The lowest BCUT2D eigenvalue weighted by molar-refractivity contribution is -0.883. The van der Waals surface area contributed by atoms with Crippen molar-refractivity contribution in [2.75, 3.05) is 42.3 Å². The monoisotopic (exact) mass is 326 g/mol. The second-order valence-electron chi connectivity index (χ2n) is 8.35. The molecule has 2 aromatic carbocycles. The molecule has 0 amide bonds. The maximum Gasteiger partial charge on any atom is 0.106 e. The van der Waals surface area contributed by atoms with Crippen molar-refractivity contribution in [2.45, 2.75) is 13.1 Å². The molecular formula is C20H30N4+2. The van der Waals surface area contributed by atoms with Crippen LogP contribution in [0.25, 0.3) is 0 Å². The first-order valence-corrected chi connectivity index (χ1v) is 8.32. The summed E-state index contributed by atoms with van der Waals surface area (Å²) in [6.07, 6.45) is 0. The largest absolute Gasteiger partial charge is 0.327 e. The lowest BCUT2D eigenvalue weighted by Crippen LogP contribution is -2.33. The molecule has 2 rings (SSSR count). The van der Waals surface area contributed by atoms with Gasteiger partial charge < -0.3 is 8.97 Å². The number of hydrogen-bond acceptors (Lipinski definition) is 2. The molecule has 0 saturated carbocycles. The summed E-state index contributed by atoms with van der Waals surface area (Å²) in [5.74, 6) is 0. The van der Waals surface area contributed by atoms with Crippen LogP contribution in [0.4, 0.5) is 11.4 Å². The molecule has 0 bridgehead atoms. The molecule has 0 heterocycles. The van der Waals surface area contributed by atoms with E-state index in [1.165, 1.54) is 11.1 Å². The Balaban J connectivity index is 2.30. The molecule has 0 N–H and O–H groups in total. The molecule has 0 radical (unpaired) electrons. The van der Waals surface area contributed by atoms with E-state index in [0.29, 0.717) is 0 Å². The van der Waals surface area contributed by atoms with Crippen LogP contribution in [0.15, 0.2) is 58.8 Å². The van der Waals surface area contributed by atoms with E-state index in [1.807, 2.05) is 24.3 Å². The summed E-state index contributed by atoms with van der Waals surface area (Å²) in [6, 6.07) is 16.5. The van der Waals surface area contributed by atoms with Gasteiger partial charge in [0.2, 0.25) is 0 Å². The number of rotatable bonds is 6. The van der Waals surface area contributed by atoms with Crippen LogP contribution in [0.3, 0.4) is 0 Å². The van der Waals surface area contributed by atoms with E-state index in [9.17, 15) is 0 Å². The van der Waals surface area contributed by atoms with Crippen molar-refractivity contribution in [3.05, 3.63) is 59.7 Å². The highest BCUT2D eigenvalue weighted by atomic mass is 15.3. The molecule has 0 aliphatic rings. The molecule has 0 saturated heterocycles. The Morgan fingerprint density at radius 2 is 0.917 bits per heavy atom. The second-order valence-corrected chi connectivity index (χ2v) is 8.35. The highest BCUT2D eigenvalue weighted by molar-refractivity contribution is 5.48. The summed E-state index contributed by atoms with van der Waals surface area (Å²) >= 11 is 0. The van der Waals surface area contributed by atoms with Crippen LogP contribution >= 0.6 is 0 Å². The first-order chi connectivity index (χ1) is 11.1. The van der Waals surface area contributed by atoms with Crippen molar-refractivity contribution in [3.63, 3.8) is 0 Å². The number of azo groups is 1. The van der Waals surface area contributed by atoms with Crippen LogP contribution < -0.4 is 0 Å². The molecule has 4 heteroatoms. The number of nitrogens with zero attached hydrogens (tertiary/aromatic N) is 4. The maximum atomic E-state index is 4.56. The third-order valence-electron chi connectivity index (χ3n) is 3.54. The van der Waals surface area contributed by atoms with E-state index in [0.717, 1.165) is 33.4 Å². The quantitative estimate of drug-likeness (QED) is 0.551. The Morgan fingerprint density at radius 1 is 0.583 bits per heavy atom. The molecule has 2 aromatic rings. The van der Waals surface area contributed by atoms with Crippen molar-refractivity contribution in [2.24, 2.45) is 10.2 Å². The average Bonchev–Trinajstić information content (AvgIpc) is 2.44. The first-order valence-electron chi connectivity index (χ1n) is 8.32. The minimum atomic E-state index is 0.866. The highest BCUT2D eigenvalue weighted by Crippen LogP contribution is 2.27. The standard InChI is InChI=1S/C20H30N4/c1-23(2,3)15-17-11-7-9-13-19(17)21-22-20-14-10-8-12-18(20)16-24(4,5)6/h7-14H,15-16H2,1-6H3/q+2. The van der Waals surface area contributed by atoms with Gasteiger partial charge in [-0.2, -0.15) is 10.2 Å². The molecule has 0 spiro atoms. The van der Waals surface area contributed by atoms with Gasteiger partial charge in [-0.3, -0.25) is 0 Å². The van der Waals surface area contributed by atoms with Gasteiger partial charge in [0.15, 0.2) is 0 Å². The Labute approximate surface area is 146 Å². The predicted molar refractivity (Wildman–Crippen MR) is 101 cm³/mol. The second kappa shape index (κ2) is 7.24. The third-order valence-corrected chi connectivity index (χ3v) is 3.54. The fourth-order valence-electron chi connectivity index (χ4n) is 2.61. The van der Waals surface area contributed by atoms with Gasteiger partial charge in [0, 0.05) is 11.1 Å². The zero-order chi connectivity index (χ0) is 17.8. The van der Waals surface area contributed by atoms with Crippen molar-refractivity contribution in [3.8, 4) is 0 Å². The summed E-state index contributed by atoms with van der Waals surface area (Å²) < 4.78 is 1.73. The molecule has 0 unspecified atom stereocenters. The molecule has 128 valence electrons. The van der Waals surface area contributed by atoms with E-state index < -0.39 is 0 Å². The van der Waals surface area contributed by atoms with E-state index in [1.54, 1.807) is 0 Å². The SMILES string of the molecule is C[N+](C)(C)Cc1ccccc1N=Nc1ccccc1C[N+](C)(C)C. The molecule has 0 aliphatic heterocycles. The van der Waals surface area contributed by atoms with Gasteiger partial charge in [-0.05, 0) is 12.1 Å². The van der Waals surface area contributed by atoms with Gasteiger partial charge in [0.05, 0.1) is 53.7 Å². The Hall–Kier alpha value is -2.04. The summed E-state index contributed by atoms with van der Waals surface area (Å²) in [4.78, 5) is 0. The van der Waals surface area contributed by atoms with E-state index in [-0.39, 0.29) is 0 Å². The fraction of sp³-hybridized carbons (Fsp3) is 0.400. The Kier molecular flexibility index (Phi) is 5.52. The number of quaternary nitrogens is 2. The zero-order valence-corrected chi connectivity index (χ0v) is 15.8. The van der Waals surface area contributed by atoms with Crippen molar-refractivity contribution in [1.29, 1.82) is 0 Å². The third kappa shape index (κ3) is 5.87. The normalized spacial score (nSPS) is 12.8. The maximum absolute atomic E-state index is 4.56. The zero-order valence-electron chi connectivity index (χ0n) is 15.8. The Morgan fingerprint density at radius 3 is 1.25 bits per heavy atom. The van der Waals surface area contributed by atoms with E-state index in [4.69, 9.17) is 0 Å². The lowest BCUT2D eigenvalue weighted by Gasteiger charge is -2.24. The lowest BCUT2D eigenvalue weighted by atomic mass is 10.1. The minimum Gasteiger partial charge on any atom is -0.327 e. The van der Waals surface area contributed by atoms with Crippen LogP contribution in [0.1, 0.15) is 11.1 Å². The highest BCUT2D eigenvalue weighted by Gasteiger charge is 2.13. The topological polar surface area (TPSA) is 24.7 Å². The van der Waals surface area contributed by atoms with Crippen LogP contribution in [-0.2, 0) is 13.1 Å².